The van der Waals surface area contributed by atoms with E-state index in [4.69, 9.17) is 0 Å². The van der Waals surface area contributed by atoms with Crippen LogP contribution in [0.4, 0.5) is 0 Å². The Bertz CT molecular complexity index is 411. The van der Waals surface area contributed by atoms with Crippen molar-refractivity contribution in [2.75, 3.05) is 6.54 Å². The summed E-state index contributed by atoms with van der Waals surface area (Å²) in [6, 6.07) is 6.13. The van der Waals surface area contributed by atoms with Gasteiger partial charge in [0, 0.05) is 10.3 Å². The normalized spacial score (nSPS) is 13.1. The molecule has 0 fully saturated rings. The van der Waals surface area contributed by atoms with Gasteiger partial charge in [0.2, 0.25) is 6.54 Å². The van der Waals surface area contributed by atoms with Gasteiger partial charge in [-0.3, -0.25) is 10.1 Å². The molecule has 1 rings (SSSR count). The van der Waals surface area contributed by atoms with Crippen molar-refractivity contribution < 1.29 is 14.8 Å². The molecule has 0 saturated carbocycles. The zero-order valence-electron chi connectivity index (χ0n) is 9.79. The summed E-state index contributed by atoms with van der Waals surface area (Å²) in [5.74, 6) is -0.409. The quantitative estimate of drug-likeness (QED) is 0.482. The van der Waals surface area contributed by atoms with Gasteiger partial charge in [-0.2, -0.15) is 0 Å². The van der Waals surface area contributed by atoms with Gasteiger partial charge in [0.25, 0.3) is 0 Å². The molecule has 0 aromatic heterocycles. The zero-order chi connectivity index (χ0) is 13.1. The van der Waals surface area contributed by atoms with Crippen LogP contribution < -0.4 is 0 Å². The number of aromatic hydroxyl groups is 1. The smallest absolute Gasteiger partial charge is 0.211 e. The number of aldehydes is 1. The van der Waals surface area contributed by atoms with Crippen molar-refractivity contribution in [3.05, 3.63) is 39.9 Å². The first-order valence-electron chi connectivity index (χ1n) is 5.24. The molecule has 1 aromatic rings. The Balaban J connectivity index is 3.10. The number of hydrogen-bond donors (Lipinski definition) is 1. The minimum Gasteiger partial charge on any atom is -0.508 e. The Morgan fingerprint density at radius 3 is 2.35 bits per heavy atom. The number of carbonyl (C=O) groups excluding carboxylic acids is 1. The van der Waals surface area contributed by atoms with E-state index < -0.39 is 16.3 Å². The van der Waals surface area contributed by atoms with Crippen LogP contribution in [-0.4, -0.2) is 22.9 Å². The van der Waals surface area contributed by atoms with Gasteiger partial charge in [-0.05, 0) is 17.7 Å². The van der Waals surface area contributed by atoms with E-state index >= 15 is 0 Å². The topological polar surface area (TPSA) is 80.4 Å². The Morgan fingerprint density at radius 1 is 1.41 bits per heavy atom. The highest BCUT2D eigenvalue weighted by Gasteiger charge is 2.34. The van der Waals surface area contributed by atoms with Gasteiger partial charge >= 0.3 is 0 Å². The van der Waals surface area contributed by atoms with Crippen molar-refractivity contribution in [3.8, 4) is 5.75 Å². The molecule has 1 N–H and O–H groups in total. The molecule has 0 aliphatic rings. The van der Waals surface area contributed by atoms with Crippen LogP contribution in [-0.2, 0) is 4.79 Å². The van der Waals surface area contributed by atoms with E-state index in [9.17, 15) is 20.0 Å². The standard InChI is InChI=1S/C12H15NO4/c1-12(2,8-14)11(7-13(16)17)9-3-5-10(15)6-4-9/h3-6,8,11,15H,7H2,1-2H3/t11-/m0/s1. The van der Waals surface area contributed by atoms with E-state index in [1.807, 2.05) is 0 Å². The highest BCUT2D eigenvalue weighted by atomic mass is 16.6. The molecule has 0 radical (unpaired) electrons. The molecule has 5 nitrogen and oxygen atoms in total. The molecule has 0 spiro atoms. The molecule has 0 unspecified atom stereocenters. The summed E-state index contributed by atoms with van der Waals surface area (Å²) in [6.45, 7) is 3.03. The fourth-order valence-corrected chi connectivity index (χ4v) is 1.71. The number of rotatable bonds is 5. The summed E-state index contributed by atoms with van der Waals surface area (Å²) in [6.07, 6.45) is 0.730. The summed E-state index contributed by atoms with van der Waals surface area (Å²) in [7, 11) is 0. The number of phenolic OH excluding ortho intramolecular Hbond substituents is 1. The number of hydrogen-bond acceptors (Lipinski definition) is 4. The Kier molecular flexibility index (Phi) is 3.83. The third-order valence-corrected chi connectivity index (χ3v) is 2.83. The van der Waals surface area contributed by atoms with E-state index in [1.54, 1.807) is 26.0 Å². The lowest BCUT2D eigenvalue weighted by Gasteiger charge is -2.26. The summed E-state index contributed by atoms with van der Waals surface area (Å²) >= 11 is 0. The lowest BCUT2D eigenvalue weighted by molar-refractivity contribution is -0.485. The summed E-state index contributed by atoms with van der Waals surface area (Å²) in [5.41, 5.74) is -0.138. The van der Waals surface area contributed by atoms with Crippen LogP contribution in [0.15, 0.2) is 24.3 Å². The molecular formula is C12H15NO4. The van der Waals surface area contributed by atoms with E-state index in [0.29, 0.717) is 5.56 Å². The fraction of sp³-hybridized carbons (Fsp3) is 0.417. The van der Waals surface area contributed by atoms with Gasteiger partial charge in [0.05, 0.1) is 5.92 Å². The molecule has 0 heterocycles. The Hall–Kier alpha value is -1.91. The van der Waals surface area contributed by atoms with Crippen molar-refractivity contribution in [2.45, 2.75) is 19.8 Å². The zero-order valence-corrected chi connectivity index (χ0v) is 9.79. The van der Waals surface area contributed by atoms with E-state index in [1.165, 1.54) is 12.1 Å². The van der Waals surface area contributed by atoms with Gasteiger partial charge in [0.15, 0.2) is 0 Å². The number of benzene rings is 1. The van der Waals surface area contributed by atoms with Crippen LogP contribution in [0.5, 0.6) is 5.75 Å². The van der Waals surface area contributed by atoms with Gasteiger partial charge in [-0.15, -0.1) is 0 Å². The highest BCUT2D eigenvalue weighted by Crippen LogP contribution is 2.34. The minimum atomic E-state index is -0.815. The van der Waals surface area contributed by atoms with Crippen LogP contribution in [0, 0.1) is 15.5 Å². The summed E-state index contributed by atoms with van der Waals surface area (Å²) in [4.78, 5) is 21.2. The van der Waals surface area contributed by atoms with Crippen LogP contribution in [0.2, 0.25) is 0 Å². The molecule has 0 bridgehead atoms. The average molecular weight is 237 g/mol. The molecule has 0 amide bonds. The van der Waals surface area contributed by atoms with Crippen LogP contribution in [0.25, 0.3) is 0 Å². The first-order valence-corrected chi connectivity index (χ1v) is 5.24. The molecule has 0 aliphatic heterocycles. The lowest BCUT2D eigenvalue weighted by Crippen LogP contribution is -2.29. The third-order valence-electron chi connectivity index (χ3n) is 2.83. The number of nitrogens with zero attached hydrogens (tertiary/aromatic N) is 1. The molecule has 1 aromatic carbocycles. The van der Waals surface area contributed by atoms with Crippen molar-refractivity contribution in [1.29, 1.82) is 0 Å². The molecular weight excluding hydrogens is 222 g/mol. The van der Waals surface area contributed by atoms with Gasteiger partial charge < -0.3 is 9.90 Å². The number of carbonyl (C=O) groups is 1. The Labute approximate surface area is 99.2 Å². The second-order valence-electron chi connectivity index (χ2n) is 4.60. The molecule has 17 heavy (non-hydrogen) atoms. The van der Waals surface area contributed by atoms with Gasteiger partial charge in [0.1, 0.15) is 12.0 Å². The largest absolute Gasteiger partial charge is 0.508 e. The van der Waals surface area contributed by atoms with Crippen molar-refractivity contribution in [2.24, 2.45) is 5.41 Å². The third kappa shape index (κ3) is 3.27. The van der Waals surface area contributed by atoms with Crippen LogP contribution in [0.3, 0.4) is 0 Å². The van der Waals surface area contributed by atoms with Crippen molar-refractivity contribution >= 4 is 6.29 Å². The predicted octanol–water partition coefficient (Wildman–Crippen LogP) is 1.98. The summed E-state index contributed by atoms with van der Waals surface area (Å²) in [5, 5.41) is 19.8. The average Bonchev–Trinajstić information content (AvgIpc) is 2.27. The SMILES string of the molecule is CC(C)(C=O)[C@@H](C[N+](=O)[O-])c1ccc(O)cc1. The van der Waals surface area contributed by atoms with Crippen molar-refractivity contribution in [3.63, 3.8) is 0 Å². The van der Waals surface area contributed by atoms with Gasteiger partial charge in [-0.25, -0.2) is 0 Å². The maximum atomic E-state index is 11.0. The lowest BCUT2D eigenvalue weighted by atomic mass is 9.76. The second kappa shape index (κ2) is 4.95. The maximum absolute atomic E-state index is 11.0. The maximum Gasteiger partial charge on any atom is 0.211 e. The number of nitro groups is 1. The molecule has 92 valence electrons. The molecule has 0 saturated heterocycles. The van der Waals surface area contributed by atoms with E-state index in [0.717, 1.165) is 6.29 Å². The molecule has 1 atom stereocenters. The monoisotopic (exact) mass is 237 g/mol. The molecule has 5 heteroatoms. The first-order chi connectivity index (χ1) is 7.86. The Morgan fingerprint density at radius 2 is 1.94 bits per heavy atom. The van der Waals surface area contributed by atoms with E-state index in [-0.39, 0.29) is 12.3 Å². The number of phenols is 1. The molecule has 0 aliphatic carbocycles. The van der Waals surface area contributed by atoms with Crippen LogP contribution in [0.1, 0.15) is 25.3 Å². The minimum absolute atomic E-state index is 0.0949. The predicted molar refractivity (Wildman–Crippen MR) is 62.6 cm³/mol. The fourth-order valence-electron chi connectivity index (χ4n) is 1.71. The van der Waals surface area contributed by atoms with Crippen LogP contribution >= 0.6 is 0 Å². The first kappa shape index (κ1) is 13.2. The van der Waals surface area contributed by atoms with Crippen molar-refractivity contribution in [1.82, 2.24) is 0 Å². The van der Waals surface area contributed by atoms with E-state index in [2.05, 4.69) is 0 Å². The van der Waals surface area contributed by atoms with Gasteiger partial charge in [-0.1, -0.05) is 26.0 Å². The highest BCUT2D eigenvalue weighted by molar-refractivity contribution is 5.60. The summed E-state index contributed by atoms with van der Waals surface area (Å²) < 4.78 is 0. The second-order valence-corrected chi connectivity index (χ2v) is 4.60.